The molecule has 1 amide bonds. The number of carbonyl (C=O) groups is 1. The molecule has 4 nitrogen and oxygen atoms in total. The van der Waals surface area contributed by atoms with Crippen molar-refractivity contribution in [3.8, 4) is 0 Å². The molecule has 2 rings (SSSR count). The van der Waals surface area contributed by atoms with Gasteiger partial charge < -0.3 is 15.4 Å². The Kier molecular flexibility index (Phi) is 3.73. The predicted octanol–water partition coefficient (Wildman–Crippen LogP) is 1.14. The van der Waals surface area contributed by atoms with E-state index in [2.05, 4.69) is 13.8 Å². The molecule has 2 aliphatic heterocycles. The molecule has 0 aromatic rings. The number of hydrogen-bond donors (Lipinski definition) is 1. The fraction of sp³-hybridized carbons (Fsp3) is 0.923. The van der Waals surface area contributed by atoms with Crippen LogP contribution >= 0.6 is 0 Å². The molecule has 0 bridgehead atoms. The highest BCUT2D eigenvalue weighted by atomic mass is 16.5. The summed E-state index contributed by atoms with van der Waals surface area (Å²) < 4.78 is 5.36. The minimum absolute atomic E-state index is 0.0857. The Labute approximate surface area is 103 Å². The SMILES string of the molecule is CC1CCCN1C(=O)C(N)C1(C)CCOCC1. The van der Waals surface area contributed by atoms with Gasteiger partial charge in [-0.05, 0) is 38.0 Å². The standard InChI is InChI=1S/C13H24N2O2/c1-10-4-3-7-15(10)12(16)11(14)13(2)5-8-17-9-6-13/h10-11H,3-9,14H2,1-2H3. The highest BCUT2D eigenvalue weighted by Crippen LogP contribution is 2.34. The summed E-state index contributed by atoms with van der Waals surface area (Å²) in [5, 5.41) is 0. The average Bonchev–Trinajstić information content (AvgIpc) is 2.74. The quantitative estimate of drug-likeness (QED) is 0.787. The second-order valence-electron chi connectivity index (χ2n) is 5.77. The Hall–Kier alpha value is -0.610. The van der Waals surface area contributed by atoms with Gasteiger partial charge in [0.05, 0.1) is 6.04 Å². The largest absolute Gasteiger partial charge is 0.381 e. The van der Waals surface area contributed by atoms with Crippen LogP contribution in [0.4, 0.5) is 0 Å². The molecule has 0 aromatic carbocycles. The summed E-state index contributed by atoms with van der Waals surface area (Å²) in [5.41, 5.74) is 6.14. The van der Waals surface area contributed by atoms with Crippen molar-refractivity contribution >= 4 is 5.91 Å². The molecule has 0 saturated carbocycles. The molecule has 2 aliphatic rings. The third kappa shape index (κ3) is 2.47. The Bertz CT molecular complexity index is 287. The summed E-state index contributed by atoms with van der Waals surface area (Å²) in [5.74, 6) is 0.138. The van der Waals surface area contributed by atoms with E-state index in [0.717, 1.165) is 45.4 Å². The van der Waals surface area contributed by atoms with Crippen molar-refractivity contribution in [2.45, 2.75) is 51.6 Å². The lowest BCUT2D eigenvalue weighted by molar-refractivity contribution is -0.137. The summed E-state index contributed by atoms with van der Waals surface area (Å²) in [7, 11) is 0. The highest BCUT2D eigenvalue weighted by Gasteiger charge is 2.41. The molecule has 4 heteroatoms. The van der Waals surface area contributed by atoms with Crippen molar-refractivity contribution in [1.29, 1.82) is 0 Å². The Morgan fingerprint density at radius 2 is 2.12 bits per heavy atom. The molecule has 0 spiro atoms. The van der Waals surface area contributed by atoms with Gasteiger partial charge in [0.25, 0.3) is 0 Å². The third-order valence-corrected chi connectivity index (χ3v) is 4.49. The van der Waals surface area contributed by atoms with Crippen molar-refractivity contribution in [2.75, 3.05) is 19.8 Å². The molecular formula is C13H24N2O2. The van der Waals surface area contributed by atoms with E-state index in [-0.39, 0.29) is 17.4 Å². The Morgan fingerprint density at radius 3 is 2.65 bits per heavy atom. The van der Waals surface area contributed by atoms with Gasteiger partial charge in [-0.1, -0.05) is 6.92 Å². The molecule has 2 N–H and O–H groups in total. The lowest BCUT2D eigenvalue weighted by atomic mass is 9.75. The van der Waals surface area contributed by atoms with Crippen LogP contribution in [0.15, 0.2) is 0 Å². The van der Waals surface area contributed by atoms with Crippen molar-refractivity contribution < 1.29 is 9.53 Å². The molecule has 0 aromatic heterocycles. The van der Waals surface area contributed by atoms with Crippen LogP contribution < -0.4 is 5.73 Å². The molecule has 0 radical (unpaired) electrons. The van der Waals surface area contributed by atoms with E-state index in [4.69, 9.17) is 10.5 Å². The van der Waals surface area contributed by atoms with Gasteiger partial charge in [-0.15, -0.1) is 0 Å². The first kappa shape index (κ1) is 12.8. The normalized spacial score (nSPS) is 30.3. The van der Waals surface area contributed by atoms with Crippen LogP contribution in [0.3, 0.4) is 0 Å². The van der Waals surface area contributed by atoms with Crippen LogP contribution in [0.25, 0.3) is 0 Å². The molecule has 0 aliphatic carbocycles. The van der Waals surface area contributed by atoms with Gasteiger partial charge in [0.2, 0.25) is 5.91 Å². The number of nitrogens with two attached hydrogens (primary N) is 1. The van der Waals surface area contributed by atoms with E-state index < -0.39 is 0 Å². The summed E-state index contributed by atoms with van der Waals surface area (Å²) in [6.45, 7) is 6.57. The van der Waals surface area contributed by atoms with E-state index in [1.807, 2.05) is 4.90 Å². The third-order valence-electron chi connectivity index (χ3n) is 4.49. The first-order chi connectivity index (χ1) is 8.04. The molecule has 17 heavy (non-hydrogen) atoms. The second kappa shape index (κ2) is 4.94. The van der Waals surface area contributed by atoms with Crippen LogP contribution in [0.1, 0.15) is 39.5 Å². The lowest BCUT2D eigenvalue weighted by Crippen LogP contribution is -2.54. The van der Waals surface area contributed by atoms with Gasteiger partial charge in [0.15, 0.2) is 0 Å². The zero-order valence-corrected chi connectivity index (χ0v) is 10.9. The van der Waals surface area contributed by atoms with Crippen LogP contribution in [-0.4, -0.2) is 42.6 Å². The van der Waals surface area contributed by atoms with E-state index >= 15 is 0 Å². The van der Waals surface area contributed by atoms with Gasteiger partial charge in [-0.25, -0.2) is 0 Å². The summed E-state index contributed by atoms with van der Waals surface area (Å²) in [6.07, 6.45) is 4.00. The van der Waals surface area contributed by atoms with Gasteiger partial charge in [-0.2, -0.15) is 0 Å². The smallest absolute Gasteiger partial charge is 0.240 e. The van der Waals surface area contributed by atoms with Crippen molar-refractivity contribution in [2.24, 2.45) is 11.1 Å². The van der Waals surface area contributed by atoms with Gasteiger partial charge in [0.1, 0.15) is 0 Å². The van der Waals surface area contributed by atoms with E-state index in [9.17, 15) is 4.79 Å². The number of likely N-dealkylation sites (tertiary alicyclic amines) is 1. The summed E-state index contributed by atoms with van der Waals surface area (Å²) >= 11 is 0. The molecule has 98 valence electrons. The number of carbonyl (C=O) groups excluding carboxylic acids is 1. The van der Waals surface area contributed by atoms with Gasteiger partial charge in [-0.3, -0.25) is 4.79 Å². The number of nitrogens with zero attached hydrogens (tertiary/aromatic N) is 1. The van der Waals surface area contributed by atoms with E-state index in [0.29, 0.717) is 6.04 Å². The summed E-state index contributed by atoms with van der Waals surface area (Å²) in [6, 6.07) is -0.0102. The molecule has 2 atom stereocenters. The molecular weight excluding hydrogens is 216 g/mol. The van der Waals surface area contributed by atoms with Gasteiger partial charge in [0, 0.05) is 25.8 Å². The lowest BCUT2D eigenvalue weighted by Gasteiger charge is -2.39. The number of hydrogen-bond acceptors (Lipinski definition) is 3. The Morgan fingerprint density at radius 1 is 1.47 bits per heavy atom. The maximum absolute atomic E-state index is 12.4. The molecule has 2 fully saturated rings. The molecule has 2 unspecified atom stereocenters. The number of amides is 1. The zero-order valence-electron chi connectivity index (χ0n) is 10.9. The minimum Gasteiger partial charge on any atom is -0.381 e. The van der Waals surface area contributed by atoms with E-state index in [1.165, 1.54) is 0 Å². The van der Waals surface area contributed by atoms with Crippen LogP contribution in [0.2, 0.25) is 0 Å². The van der Waals surface area contributed by atoms with Crippen LogP contribution in [0, 0.1) is 5.41 Å². The zero-order chi connectivity index (χ0) is 12.5. The van der Waals surface area contributed by atoms with Crippen molar-refractivity contribution in [1.82, 2.24) is 4.90 Å². The monoisotopic (exact) mass is 240 g/mol. The summed E-state index contributed by atoms with van der Waals surface area (Å²) in [4.78, 5) is 14.4. The first-order valence-electron chi connectivity index (χ1n) is 6.68. The number of ether oxygens (including phenoxy) is 1. The van der Waals surface area contributed by atoms with Crippen LogP contribution in [0.5, 0.6) is 0 Å². The molecule has 2 saturated heterocycles. The fourth-order valence-corrected chi connectivity index (χ4v) is 2.89. The number of rotatable bonds is 2. The minimum atomic E-state index is -0.369. The maximum atomic E-state index is 12.4. The second-order valence-corrected chi connectivity index (χ2v) is 5.77. The Balaban J connectivity index is 2.03. The topological polar surface area (TPSA) is 55.6 Å². The van der Waals surface area contributed by atoms with Crippen molar-refractivity contribution in [3.05, 3.63) is 0 Å². The highest BCUT2D eigenvalue weighted by molar-refractivity contribution is 5.83. The predicted molar refractivity (Wildman–Crippen MR) is 66.5 cm³/mol. The first-order valence-corrected chi connectivity index (χ1v) is 6.68. The molecule has 2 heterocycles. The average molecular weight is 240 g/mol. The maximum Gasteiger partial charge on any atom is 0.240 e. The van der Waals surface area contributed by atoms with Crippen LogP contribution in [-0.2, 0) is 9.53 Å². The fourth-order valence-electron chi connectivity index (χ4n) is 2.89. The van der Waals surface area contributed by atoms with E-state index in [1.54, 1.807) is 0 Å². The van der Waals surface area contributed by atoms with Gasteiger partial charge >= 0.3 is 0 Å². The van der Waals surface area contributed by atoms with Crippen molar-refractivity contribution in [3.63, 3.8) is 0 Å².